The standard InChI is InChI=1S/C14H28N2O/c1-13(2)9-16(10-14(3,4)17-13)8-11-6-5-7-12(11)15/h11-12H,5-10,15H2,1-4H3. The second kappa shape index (κ2) is 4.52. The lowest BCUT2D eigenvalue weighted by atomic mass is 9.96. The van der Waals surface area contributed by atoms with Crippen LogP contribution in [0.4, 0.5) is 0 Å². The third-order valence-electron chi connectivity index (χ3n) is 3.97. The Balaban J connectivity index is 1.96. The lowest BCUT2D eigenvalue weighted by molar-refractivity contribution is -0.182. The van der Waals surface area contributed by atoms with Gasteiger partial charge in [-0.1, -0.05) is 6.42 Å². The summed E-state index contributed by atoms with van der Waals surface area (Å²) in [6, 6.07) is 0.420. The van der Waals surface area contributed by atoms with Gasteiger partial charge in [0.1, 0.15) is 0 Å². The fourth-order valence-electron chi connectivity index (χ4n) is 3.70. The highest BCUT2D eigenvalue weighted by molar-refractivity contribution is 4.91. The molecule has 2 rings (SSSR count). The molecule has 100 valence electrons. The Hall–Kier alpha value is -0.120. The normalized spacial score (nSPS) is 37.2. The highest BCUT2D eigenvalue weighted by atomic mass is 16.5. The number of nitrogens with two attached hydrogens (primary N) is 1. The van der Waals surface area contributed by atoms with Gasteiger partial charge in [0, 0.05) is 25.7 Å². The second-order valence-corrected chi connectivity index (χ2v) is 7.15. The summed E-state index contributed by atoms with van der Waals surface area (Å²) in [4.78, 5) is 2.55. The third kappa shape index (κ3) is 3.43. The first-order valence-corrected chi connectivity index (χ1v) is 6.96. The molecule has 0 radical (unpaired) electrons. The maximum atomic E-state index is 6.17. The molecule has 2 unspecified atom stereocenters. The minimum atomic E-state index is -0.0373. The molecular formula is C14H28N2O. The molecule has 0 aromatic carbocycles. The van der Waals surface area contributed by atoms with Gasteiger partial charge in [0.2, 0.25) is 0 Å². The summed E-state index contributed by atoms with van der Waals surface area (Å²) in [5.41, 5.74) is 6.10. The van der Waals surface area contributed by atoms with Crippen LogP contribution < -0.4 is 5.73 Å². The van der Waals surface area contributed by atoms with Crippen LogP contribution in [0.15, 0.2) is 0 Å². The Morgan fingerprint density at radius 3 is 2.18 bits per heavy atom. The van der Waals surface area contributed by atoms with Crippen LogP contribution in [0.25, 0.3) is 0 Å². The fraction of sp³-hybridized carbons (Fsp3) is 1.00. The van der Waals surface area contributed by atoms with E-state index in [0.29, 0.717) is 12.0 Å². The maximum Gasteiger partial charge on any atom is 0.0760 e. The molecule has 2 fully saturated rings. The first kappa shape index (κ1) is 13.3. The molecule has 1 saturated heterocycles. The van der Waals surface area contributed by atoms with E-state index < -0.39 is 0 Å². The van der Waals surface area contributed by atoms with Crippen molar-refractivity contribution in [1.82, 2.24) is 4.90 Å². The molecule has 2 aliphatic rings. The van der Waals surface area contributed by atoms with Crippen LogP contribution in [-0.4, -0.2) is 41.8 Å². The van der Waals surface area contributed by atoms with Crippen LogP contribution in [0.3, 0.4) is 0 Å². The zero-order valence-electron chi connectivity index (χ0n) is 11.8. The highest BCUT2D eigenvalue weighted by Gasteiger charge is 2.39. The van der Waals surface area contributed by atoms with Gasteiger partial charge in [-0.15, -0.1) is 0 Å². The number of rotatable bonds is 2. The summed E-state index contributed by atoms with van der Waals surface area (Å²) in [5, 5.41) is 0. The summed E-state index contributed by atoms with van der Waals surface area (Å²) in [6.45, 7) is 12.0. The number of morpholine rings is 1. The minimum Gasteiger partial charge on any atom is -0.367 e. The van der Waals surface area contributed by atoms with Crippen LogP contribution in [0, 0.1) is 5.92 Å². The van der Waals surface area contributed by atoms with E-state index >= 15 is 0 Å². The quantitative estimate of drug-likeness (QED) is 0.802. The van der Waals surface area contributed by atoms with Gasteiger partial charge in [-0.2, -0.15) is 0 Å². The van der Waals surface area contributed by atoms with E-state index in [1.54, 1.807) is 0 Å². The molecule has 0 spiro atoms. The van der Waals surface area contributed by atoms with Crippen molar-refractivity contribution in [2.75, 3.05) is 19.6 Å². The summed E-state index contributed by atoms with van der Waals surface area (Å²) >= 11 is 0. The van der Waals surface area contributed by atoms with Crippen molar-refractivity contribution in [3.63, 3.8) is 0 Å². The Morgan fingerprint density at radius 2 is 1.71 bits per heavy atom. The molecule has 0 aromatic heterocycles. The number of nitrogens with zero attached hydrogens (tertiary/aromatic N) is 1. The minimum absolute atomic E-state index is 0.0373. The third-order valence-corrected chi connectivity index (χ3v) is 3.97. The van der Waals surface area contributed by atoms with Crippen molar-refractivity contribution in [1.29, 1.82) is 0 Å². The second-order valence-electron chi connectivity index (χ2n) is 7.15. The summed E-state index contributed by atoms with van der Waals surface area (Å²) in [7, 11) is 0. The summed E-state index contributed by atoms with van der Waals surface area (Å²) in [5.74, 6) is 0.694. The van der Waals surface area contributed by atoms with Crippen molar-refractivity contribution in [2.45, 2.75) is 64.2 Å². The fourth-order valence-corrected chi connectivity index (χ4v) is 3.70. The van der Waals surface area contributed by atoms with Crippen molar-refractivity contribution >= 4 is 0 Å². The monoisotopic (exact) mass is 240 g/mol. The molecule has 3 heteroatoms. The molecule has 17 heavy (non-hydrogen) atoms. The molecule has 1 aliphatic carbocycles. The lowest BCUT2D eigenvalue weighted by Gasteiger charge is -2.48. The maximum absolute atomic E-state index is 6.17. The smallest absolute Gasteiger partial charge is 0.0760 e. The molecule has 1 saturated carbocycles. The van der Waals surface area contributed by atoms with Crippen LogP contribution in [0.2, 0.25) is 0 Å². The van der Waals surface area contributed by atoms with Gasteiger partial charge in [-0.3, -0.25) is 4.90 Å². The Morgan fingerprint density at radius 1 is 1.12 bits per heavy atom. The Kier molecular flexibility index (Phi) is 3.54. The summed E-state index contributed by atoms with van der Waals surface area (Å²) in [6.07, 6.45) is 3.82. The van der Waals surface area contributed by atoms with Crippen LogP contribution in [0.5, 0.6) is 0 Å². The largest absolute Gasteiger partial charge is 0.367 e. The van der Waals surface area contributed by atoms with E-state index in [2.05, 4.69) is 32.6 Å². The molecule has 3 nitrogen and oxygen atoms in total. The number of hydrogen-bond donors (Lipinski definition) is 1. The van der Waals surface area contributed by atoms with Gasteiger partial charge < -0.3 is 10.5 Å². The van der Waals surface area contributed by atoms with Gasteiger partial charge in [0.25, 0.3) is 0 Å². The Labute approximate surface area is 106 Å². The van der Waals surface area contributed by atoms with Crippen molar-refractivity contribution in [2.24, 2.45) is 11.7 Å². The van der Waals surface area contributed by atoms with Gasteiger partial charge in [-0.25, -0.2) is 0 Å². The first-order chi connectivity index (χ1) is 7.77. The first-order valence-electron chi connectivity index (χ1n) is 6.96. The van der Waals surface area contributed by atoms with E-state index in [0.717, 1.165) is 19.6 Å². The molecule has 2 N–H and O–H groups in total. The van der Waals surface area contributed by atoms with E-state index in [-0.39, 0.29) is 11.2 Å². The molecule has 0 bridgehead atoms. The van der Waals surface area contributed by atoms with E-state index in [9.17, 15) is 0 Å². The van der Waals surface area contributed by atoms with Gasteiger partial charge in [-0.05, 0) is 46.5 Å². The Bertz CT molecular complexity index is 259. The lowest BCUT2D eigenvalue weighted by Crippen LogP contribution is -2.58. The predicted octanol–water partition coefficient (Wildman–Crippen LogP) is 2.00. The van der Waals surface area contributed by atoms with Gasteiger partial charge >= 0.3 is 0 Å². The molecule has 0 aromatic rings. The van der Waals surface area contributed by atoms with E-state index in [1.165, 1.54) is 19.3 Å². The molecular weight excluding hydrogens is 212 g/mol. The SMILES string of the molecule is CC1(C)CN(CC2CCCC2N)CC(C)(C)O1. The topological polar surface area (TPSA) is 38.5 Å². The zero-order chi connectivity index (χ0) is 12.7. The van der Waals surface area contributed by atoms with Crippen LogP contribution >= 0.6 is 0 Å². The van der Waals surface area contributed by atoms with Gasteiger partial charge in [0.15, 0.2) is 0 Å². The van der Waals surface area contributed by atoms with Crippen LogP contribution in [-0.2, 0) is 4.74 Å². The highest BCUT2D eigenvalue weighted by Crippen LogP contribution is 2.31. The molecule has 2 atom stereocenters. The predicted molar refractivity (Wildman–Crippen MR) is 71.0 cm³/mol. The average molecular weight is 240 g/mol. The average Bonchev–Trinajstić information content (AvgIpc) is 2.45. The molecule has 1 aliphatic heterocycles. The van der Waals surface area contributed by atoms with Crippen molar-refractivity contribution < 1.29 is 4.74 Å². The van der Waals surface area contributed by atoms with E-state index in [4.69, 9.17) is 10.5 Å². The molecule has 0 amide bonds. The van der Waals surface area contributed by atoms with Crippen LogP contribution in [0.1, 0.15) is 47.0 Å². The van der Waals surface area contributed by atoms with Crippen molar-refractivity contribution in [3.8, 4) is 0 Å². The van der Waals surface area contributed by atoms with E-state index in [1.807, 2.05) is 0 Å². The van der Waals surface area contributed by atoms with Gasteiger partial charge in [0.05, 0.1) is 11.2 Å². The molecule has 1 heterocycles. The zero-order valence-corrected chi connectivity index (χ0v) is 11.8. The number of ether oxygens (including phenoxy) is 1. The summed E-state index contributed by atoms with van der Waals surface area (Å²) < 4.78 is 6.11. The van der Waals surface area contributed by atoms with Crippen molar-refractivity contribution in [3.05, 3.63) is 0 Å². The number of hydrogen-bond acceptors (Lipinski definition) is 3.